The normalized spacial score (nSPS) is 14.0. The summed E-state index contributed by atoms with van der Waals surface area (Å²) in [5, 5.41) is 0.379. The van der Waals surface area contributed by atoms with Crippen molar-refractivity contribution < 1.29 is 18.7 Å². The zero-order valence-electron chi connectivity index (χ0n) is 21.8. The molecule has 3 aromatic carbocycles. The summed E-state index contributed by atoms with van der Waals surface area (Å²) in [7, 11) is 1.70. The predicted octanol–water partition coefficient (Wildman–Crippen LogP) is 5.15. The van der Waals surface area contributed by atoms with Crippen LogP contribution in [-0.2, 0) is 4.74 Å². The average molecular weight is 513 g/mol. The maximum atomic E-state index is 13.1. The van der Waals surface area contributed by atoms with Crippen molar-refractivity contribution in [1.29, 1.82) is 0 Å². The topological polar surface area (TPSA) is 72.2 Å². The third kappa shape index (κ3) is 5.29. The van der Waals surface area contributed by atoms with Gasteiger partial charge in [-0.1, -0.05) is 48.5 Å². The van der Waals surface area contributed by atoms with Crippen LogP contribution in [0, 0.1) is 6.92 Å². The lowest BCUT2D eigenvalue weighted by Gasteiger charge is -2.36. The van der Waals surface area contributed by atoms with E-state index in [2.05, 4.69) is 15.9 Å². The van der Waals surface area contributed by atoms with E-state index in [0.29, 0.717) is 23.3 Å². The van der Waals surface area contributed by atoms with Gasteiger partial charge in [0.25, 0.3) is 0 Å². The minimum Gasteiger partial charge on any atom is -0.495 e. The molecule has 0 radical (unpaired) electrons. The Balaban J connectivity index is 1.19. The van der Waals surface area contributed by atoms with Gasteiger partial charge in [0.05, 0.1) is 24.8 Å². The van der Waals surface area contributed by atoms with Crippen molar-refractivity contribution in [2.75, 3.05) is 51.3 Å². The quantitative estimate of drug-likeness (QED) is 0.239. The lowest BCUT2D eigenvalue weighted by Crippen LogP contribution is -2.46. The molecule has 0 bridgehead atoms. The first-order valence-corrected chi connectivity index (χ1v) is 13.0. The molecule has 38 heavy (non-hydrogen) atoms. The number of esters is 1. The summed E-state index contributed by atoms with van der Waals surface area (Å²) in [5.41, 5.74) is 2.81. The maximum absolute atomic E-state index is 13.1. The summed E-state index contributed by atoms with van der Waals surface area (Å²) in [6.07, 6.45) is 0.726. The van der Waals surface area contributed by atoms with Gasteiger partial charge in [-0.15, -0.1) is 0 Å². The first-order chi connectivity index (χ1) is 18.6. The predicted molar refractivity (Wildman–Crippen MR) is 149 cm³/mol. The summed E-state index contributed by atoms with van der Waals surface area (Å²) in [5.74, 6) is 0.876. The fourth-order valence-corrected chi connectivity index (χ4v) is 4.97. The molecule has 0 saturated carbocycles. The molecule has 5 rings (SSSR count). The second-order valence-electron chi connectivity index (χ2n) is 9.42. The summed E-state index contributed by atoms with van der Waals surface area (Å²) in [6.45, 7) is 6.58. The molecule has 0 unspecified atom stereocenters. The van der Waals surface area contributed by atoms with Gasteiger partial charge in [0.15, 0.2) is 11.0 Å². The Kier molecular flexibility index (Phi) is 7.75. The van der Waals surface area contributed by atoms with Crippen molar-refractivity contribution >= 4 is 22.6 Å². The van der Waals surface area contributed by atoms with Gasteiger partial charge in [0, 0.05) is 43.9 Å². The second-order valence-corrected chi connectivity index (χ2v) is 9.42. The highest BCUT2D eigenvalue weighted by atomic mass is 16.5. The third-order valence-corrected chi connectivity index (χ3v) is 7.05. The number of piperazine rings is 1. The fraction of sp³-hybridized carbons (Fsp3) is 0.290. The van der Waals surface area contributed by atoms with E-state index in [9.17, 15) is 9.59 Å². The summed E-state index contributed by atoms with van der Waals surface area (Å²) in [4.78, 5) is 30.8. The number of hydrogen-bond donors (Lipinski definition) is 0. The Morgan fingerprint density at radius 1 is 0.921 bits per heavy atom. The molecule has 0 atom stereocenters. The first kappa shape index (κ1) is 25.5. The lowest BCUT2D eigenvalue weighted by molar-refractivity contribution is 0.0488. The van der Waals surface area contributed by atoms with E-state index in [1.54, 1.807) is 32.2 Å². The summed E-state index contributed by atoms with van der Waals surface area (Å²) < 4.78 is 17.3. The van der Waals surface area contributed by atoms with E-state index < -0.39 is 5.97 Å². The molecule has 0 spiro atoms. The number of methoxy groups -OCH3 is 1. The molecule has 0 amide bonds. The van der Waals surface area contributed by atoms with Crippen LogP contribution < -0.4 is 15.1 Å². The molecule has 1 fully saturated rings. The van der Waals surface area contributed by atoms with Crippen LogP contribution in [0.2, 0.25) is 0 Å². The molecule has 0 N–H and O–H groups in total. The molecule has 7 nitrogen and oxygen atoms in total. The lowest BCUT2D eigenvalue weighted by atomic mass is 10.0. The highest BCUT2D eigenvalue weighted by Gasteiger charge is 2.21. The number of fused-ring (bicyclic) bond motifs is 1. The number of rotatable bonds is 8. The van der Waals surface area contributed by atoms with Gasteiger partial charge < -0.3 is 18.8 Å². The van der Waals surface area contributed by atoms with Crippen LogP contribution in [0.5, 0.6) is 5.75 Å². The first-order valence-electron chi connectivity index (χ1n) is 13.0. The van der Waals surface area contributed by atoms with E-state index in [4.69, 9.17) is 13.9 Å². The molecule has 1 aliphatic rings. The number of nitrogens with zero attached hydrogens (tertiary/aromatic N) is 2. The molecular weight excluding hydrogens is 480 g/mol. The SMILES string of the molecule is COc1ccccc1N1CCN(CCCOC(=O)c2cccc3c(=O)c(C)c(-c4ccccc4)oc23)CC1. The van der Waals surface area contributed by atoms with Crippen molar-refractivity contribution in [2.45, 2.75) is 13.3 Å². The van der Waals surface area contributed by atoms with Crippen molar-refractivity contribution in [1.82, 2.24) is 4.90 Å². The van der Waals surface area contributed by atoms with Crippen LogP contribution >= 0.6 is 0 Å². The minimum atomic E-state index is -0.484. The number of carbonyl (C=O) groups excluding carboxylic acids is 1. The Labute approximate surface area is 222 Å². The standard InChI is InChI=1S/C31H32N2O5/c1-22-28(34)24-12-8-13-25(30(24)38-29(22)23-10-4-3-5-11-23)31(35)37-21-9-16-32-17-19-33(20-18-32)26-14-6-7-15-27(26)36-2/h3-8,10-15H,9,16-21H2,1-2H3. The van der Waals surface area contributed by atoms with E-state index >= 15 is 0 Å². The fourth-order valence-electron chi connectivity index (χ4n) is 4.97. The van der Waals surface area contributed by atoms with E-state index in [0.717, 1.165) is 56.1 Å². The van der Waals surface area contributed by atoms with Crippen LogP contribution in [0.1, 0.15) is 22.3 Å². The monoisotopic (exact) mass is 512 g/mol. The molecule has 0 aliphatic carbocycles. The summed E-state index contributed by atoms with van der Waals surface area (Å²) in [6, 6.07) is 22.6. The van der Waals surface area contributed by atoms with Gasteiger partial charge in [-0.25, -0.2) is 4.79 Å². The molecule has 1 aliphatic heterocycles. The van der Waals surface area contributed by atoms with Gasteiger partial charge in [-0.3, -0.25) is 9.69 Å². The van der Waals surface area contributed by atoms with Crippen molar-refractivity contribution in [2.24, 2.45) is 0 Å². The van der Waals surface area contributed by atoms with Crippen LogP contribution in [0.25, 0.3) is 22.3 Å². The van der Waals surface area contributed by atoms with Gasteiger partial charge >= 0.3 is 5.97 Å². The molecule has 196 valence electrons. The molecule has 1 aromatic heterocycles. The van der Waals surface area contributed by atoms with Crippen molar-refractivity contribution in [3.8, 4) is 17.1 Å². The number of anilines is 1. The highest BCUT2D eigenvalue weighted by molar-refractivity contribution is 6.02. The largest absolute Gasteiger partial charge is 0.495 e. The number of para-hydroxylation sites is 3. The minimum absolute atomic E-state index is 0.146. The van der Waals surface area contributed by atoms with Gasteiger partial charge in [0.2, 0.25) is 0 Å². The van der Waals surface area contributed by atoms with E-state index in [1.807, 2.05) is 48.5 Å². The van der Waals surface area contributed by atoms with Crippen LogP contribution in [0.15, 0.2) is 82.0 Å². The van der Waals surface area contributed by atoms with Gasteiger partial charge in [-0.2, -0.15) is 0 Å². The Morgan fingerprint density at radius 3 is 2.42 bits per heavy atom. The third-order valence-electron chi connectivity index (χ3n) is 7.05. The molecule has 4 aromatic rings. The molecular formula is C31H32N2O5. The maximum Gasteiger partial charge on any atom is 0.341 e. The van der Waals surface area contributed by atoms with Gasteiger partial charge in [0.1, 0.15) is 17.1 Å². The van der Waals surface area contributed by atoms with E-state index in [1.165, 1.54) is 0 Å². The van der Waals surface area contributed by atoms with E-state index in [-0.39, 0.29) is 16.6 Å². The zero-order valence-corrected chi connectivity index (χ0v) is 21.8. The zero-order chi connectivity index (χ0) is 26.5. The average Bonchev–Trinajstić information content (AvgIpc) is 2.97. The smallest absolute Gasteiger partial charge is 0.341 e. The molecule has 7 heteroatoms. The summed E-state index contributed by atoms with van der Waals surface area (Å²) >= 11 is 0. The Hall–Kier alpha value is -4.10. The van der Waals surface area contributed by atoms with Crippen LogP contribution in [0.4, 0.5) is 5.69 Å². The highest BCUT2D eigenvalue weighted by Crippen LogP contribution is 2.29. The van der Waals surface area contributed by atoms with Crippen molar-refractivity contribution in [3.63, 3.8) is 0 Å². The number of carbonyl (C=O) groups is 1. The number of ether oxygens (including phenoxy) is 2. The number of benzene rings is 3. The van der Waals surface area contributed by atoms with Crippen LogP contribution in [-0.4, -0.2) is 57.3 Å². The van der Waals surface area contributed by atoms with Crippen molar-refractivity contribution in [3.05, 3.63) is 94.1 Å². The molecule has 1 saturated heterocycles. The molecule has 2 heterocycles. The number of hydrogen-bond acceptors (Lipinski definition) is 7. The second kappa shape index (κ2) is 11.5. The van der Waals surface area contributed by atoms with Gasteiger partial charge in [-0.05, 0) is 37.6 Å². The Morgan fingerprint density at radius 2 is 1.66 bits per heavy atom. The van der Waals surface area contributed by atoms with Crippen LogP contribution in [0.3, 0.4) is 0 Å². The Bertz CT molecular complexity index is 1470.